The molecule has 1 aromatic heterocycles. The zero-order valence-corrected chi connectivity index (χ0v) is 7.86. The molecule has 0 spiro atoms. The number of nitrogens with two attached hydrogens (primary N) is 1. The fourth-order valence-corrected chi connectivity index (χ4v) is 1.12. The van der Waals surface area contributed by atoms with Crippen molar-refractivity contribution in [2.45, 2.75) is 0 Å². The van der Waals surface area contributed by atoms with Crippen LogP contribution in [0.4, 0.5) is 0 Å². The van der Waals surface area contributed by atoms with Crippen LogP contribution >= 0.6 is 12.4 Å². The Bertz CT molecular complexity index is 466. The van der Waals surface area contributed by atoms with E-state index in [9.17, 15) is 0 Å². The van der Waals surface area contributed by atoms with Crippen LogP contribution in [0.2, 0.25) is 0 Å². The molecular formula is C8H8ClN3O2. The van der Waals surface area contributed by atoms with Crippen molar-refractivity contribution in [2.24, 2.45) is 10.9 Å². The van der Waals surface area contributed by atoms with E-state index >= 15 is 0 Å². The fourth-order valence-electron chi connectivity index (χ4n) is 1.12. The van der Waals surface area contributed by atoms with Gasteiger partial charge in [-0.1, -0.05) is 22.4 Å². The zero-order valence-electron chi connectivity index (χ0n) is 7.04. The standard InChI is InChI=1S/C8H7N3O2.ClH/c9-8(10-12)7-5-3-1-2-4-6(5)13-11-7;/h1-4,12H,(H2,9,10);1H. The third-order valence-corrected chi connectivity index (χ3v) is 1.73. The maximum atomic E-state index is 8.45. The molecule has 1 heterocycles. The second-order valence-electron chi connectivity index (χ2n) is 2.51. The highest BCUT2D eigenvalue weighted by molar-refractivity contribution is 6.05. The van der Waals surface area contributed by atoms with Gasteiger partial charge in [-0.25, -0.2) is 0 Å². The molecule has 14 heavy (non-hydrogen) atoms. The molecule has 0 saturated heterocycles. The maximum Gasteiger partial charge on any atom is 0.192 e. The van der Waals surface area contributed by atoms with Crippen LogP contribution in [-0.4, -0.2) is 16.2 Å². The molecule has 6 heteroatoms. The molecule has 3 N–H and O–H groups in total. The summed E-state index contributed by atoms with van der Waals surface area (Å²) in [6, 6.07) is 7.20. The first kappa shape index (κ1) is 10.3. The van der Waals surface area contributed by atoms with Crippen molar-refractivity contribution < 1.29 is 9.73 Å². The van der Waals surface area contributed by atoms with Crippen LogP contribution in [0.15, 0.2) is 33.9 Å². The van der Waals surface area contributed by atoms with E-state index in [2.05, 4.69) is 10.3 Å². The number of rotatable bonds is 1. The summed E-state index contributed by atoms with van der Waals surface area (Å²) in [5.41, 5.74) is 6.36. The number of fused-ring (bicyclic) bond motifs is 1. The van der Waals surface area contributed by atoms with Crippen molar-refractivity contribution >= 4 is 29.2 Å². The van der Waals surface area contributed by atoms with Gasteiger partial charge < -0.3 is 15.5 Å². The van der Waals surface area contributed by atoms with Crippen LogP contribution in [0.5, 0.6) is 0 Å². The number of hydrogen-bond donors (Lipinski definition) is 2. The average Bonchev–Trinajstić information content (AvgIpc) is 2.60. The summed E-state index contributed by atoms with van der Waals surface area (Å²) >= 11 is 0. The molecule has 1 aromatic carbocycles. The molecule has 0 unspecified atom stereocenters. The number of nitrogens with zero attached hydrogens (tertiary/aromatic N) is 2. The minimum absolute atomic E-state index is 0. The molecule has 0 bridgehead atoms. The van der Waals surface area contributed by atoms with Gasteiger partial charge in [-0.2, -0.15) is 0 Å². The van der Waals surface area contributed by atoms with Gasteiger partial charge in [0, 0.05) is 0 Å². The number of oxime groups is 1. The molecule has 0 radical (unpaired) electrons. The van der Waals surface area contributed by atoms with Crippen molar-refractivity contribution in [2.75, 3.05) is 0 Å². The predicted molar refractivity (Wildman–Crippen MR) is 53.8 cm³/mol. The summed E-state index contributed by atoms with van der Waals surface area (Å²) in [7, 11) is 0. The second-order valence-corrected chi connectivity index (χ2v) is 2.51. The summed E-state index contributed by atoms with van der Waals surface area (Å²) in [5.74, 6) is -0.0510. The van der Waals surface area contributed by atoms with Crippen LogP contribution in [0, 0.1) is 0 Å². The Hall–Kier alpha value is -1.75. The molecular weight excluding hydrogens is 206 g/mol. The first-order valence-corrected chi connectivity index (χ1v) is 3.65. The van der Waals surface area contributed by atoms with Crippen molar-refractivity contribution in [1.29, 1.82) is 0 Å². The SMILES string of the molecule is Cl.NC(=NO)c1noc2ccccc12. The number of para-hydroxylation sites is 1. The number of benzene rings is 1. The van der Waals surface area contributed by atoms with Crippen molar-refractivity contribution in [3.8, 4) is 0 Å². The lowest BCUT2D eigenvalue weighted by molar-refractivity contribution is 0.318. The quantitative estimate of drug-likeness (QED) is 0.324. The molecule has 0 aliphatic rings. The van der Waals surface area contributed by atoms with Crippen LogP contribution in [0.1, 0.15) is 5.69 Å². The Morgan fingerprint density at radius 3 is 2.86 bits per heavy atom. The predicted octanol–water partition coefficient (Wildman–Crippen LogP) is 1.34. The van der Waals surface area contributed by atoms with Gasteiger partial charge in [0.1, 0.15) is 0 Å². The monoisotopic (exact) mass is 213 g/mol. The van der Waals surface area contributed by atoms with E-state index in [1.165, 1.54) is 0 Å². The minimum atomic E-state index is -0.0510. The van der Waals surface area contributed by atoms with E-state index in [0.717, 1.165) is 5.39 Å². The van der Waals surface area contributed by atoms with Gasteiger partial charge in [-0.05, 0) is 12.1 Å². The Morgan fingerprint density at radius 2 is 2.14 bits per heavy atom. The van der Waals surface area contributed by atoms with Gasteiger partial charge in [0.2, 0.25) is 0 Å². The van der Waals surface area contributed by atoms with Crippen molar-refractivity contribution in [3.63, 3.8) is 0 Å². The summed E-state index contributed by atoms with van der Waals surface area (Å²) in [6.45, 7) is 0. The van der Waals surface area contributed by atoms with E-state index in [1.54, 1.807) is 12.1 Å². The van der Waals surface area contributed by atoms with E-state index in [-0.39, 0.29) is 18.2 Å². The van der Waals surface area contributed by atoms with Crippen LogP contribution in [-0.2, 0) is 0 Å². The molecule has 2 rings (SSSR count). The summed E-state index contributed by atoms with van der Waals surface area (Å²) in [5, 5.41) is 15.7. The largest absolute Gasteiger partial charge is 0.409 e. The minimum Gasteiger partial charge on any atom is -0.409 e. The van der Waals surface area contributed by atoms with E-state index in [1.807, 2.05) is 12.1 Å². The lowest BCUT2D eigenvalue weighted by atomic mass is 10.2. The molecule has 0 aliphatic heterocycles. The summed E-state index contributed by atoms with van der Waals surface area (Å²) < 4.78 is 4.95. The average molecular weight is 214 g/mol. The van der Waals surface area contributed by atoms with Gasteiger partial charge in [0.05, 0.1) is 5.39 Å². The highest BCUT2D eigenvalue weighted by Gasteiger charge is 2.10. The highest BCUT2D eigenvalue weighted by atomic mass is 35.5. The Morgan fingerprint density at radius 1 is 1.43 bits per heavy atom. The number of hydrogen-bond acceptors (Lipinski definition) is 4. The molecule has 0 aliphatic carbocycles. The number of halogens is 1. The molecule has 0 fully saturated rings. The highest BCUT2D eigenvalue weighted by Crippen LogP contribution is 2.16. The fraction of sp³-hybridized carbons (Fsp3) is 0. The van der Waals surface area contributed by atoms with Gasteiger partial charge in [-0.15, -0.1) is 12.4 Å². The van der Waals surface area contributed by atoms with Gasteiger partial charge in [0.15, 0.2) is 17.1 Å². The lowest BCUT2D eigenvalue weighted by Gasteiger charge is -1.90. The Balaban J connectivity index is 0.000000980. The maximum absolute atomic E-state index is 8.45. The normalized spacial score (nSPS) is 11.3. The molecule has 0 amide bonds. The Kier molecular flexibility index (Phi) is 2.93. The number of aromatic nitrogens is 1. The second kappa shape index (κ2) is 3.97. The smallest absolute Gasteiger partial charge is 0.192 e. The first-order chi connectivity index (χ1) is 6.33. The molecule has 74 valence electrons. The van der Waals surface area contributed by atoms with Gasteiger partial charge in [0.25, 0.3) is 0 Å². The van der Waals surface area contributed by atoms with E-state index in [0.29, 0.717) is 11.3 Å². The van der Waals surface area contributed by atoms with Gasteiger partial charge >= 0.3 is 0 Å². The number of amidine groups is 1. The van der Waals surface area contributed by atoms with Crippen LogP contribution < -0.4 is 5.73 Å². The topological polar surface area (TPSA) is 84.6 Å². The zero-order chi connectivity index (χ0) is 9.26. The Labute approximate surface area is 85.6 Å². The third kappa shape index (κ3) is 1.49. The lowest BCUT2D eigenvalue weighted by Crippen LogP contribution is -2.13. The van der Waals surface area contributed by atoms with Crippen molar-refractivity contribution in [3.05, 3.63) is 30.0 Å². The first-order valence-electron chi connectivity index (χ1n) is 3.65. The van der Waals surface area contributed by atoms with E-state index < -0.39 is 0 Å². The molecule has 5 nitrogen and oxygen atoms in total. The van der Waals surface area contributed by atoms with E-state index in [4.69, 9.17) is 15.5 Å². The summed E-state index contributed by atoms with van der Waals surface area (Å²) in [6.07, 6.45) is 0. The molecule has 0 atom stereocenters. The van der Waals surface area contributed by atoms with Crippen LogP contribution in [0.25, 0.3) is 11.0 Å². The van der Waals surface area contributed by atoms with Gasteiger partial charge in [-0.3, -0.25) is 0 Å². The molecule has 0 saturated carbocycles. The summed E-state index contributed by atoms with van der Waals surface area (Å²) in [4.78, 5) is 0. The van der Waals surface area contributed by atoms with Crippen molar-refractivity contribution in [1.82, 2.24) is 5.16 Å². The third-order valence-electron chi connectivity index (χ3n) is 1.73. The molecule has 2 aromatic rings. The van der Waals surface area contributed by atoms with Crippen LogP contribution in [0.3, 0.4) is 0 Å².